The van der Waals surface area contributed by atoms with E-state index in [1.165, 1.54) is 11.6 Å². The highest BCUT2D eigenvalue weighted by Gasteiger charge is 2.13. The smallest absolute Gasteiger partial charge is 0.336 e. The van der Waals surface area contributed by atoms with Gasteiger partial charge in [-0.3, -0.25) is 4.79 Å². The molecule has 0 atom stereocenters. The molecule has 1 heterocycles. The Balaban J connectivity index is 1.56. The molecule has 0 saturated carbocycles. The van der Waals surface area contributed by atoms with E-state index in [1.807, 2.05) is 31.2 Å². The molecule has 0 aliphatic carbocycles. The number of hydrogen-bond donors (Lipinski definition) is 0. The second kappa shape index (κ2) is 7.89. The first kappa shape index (κ1) is 19.7. The molecule has 0 aliphatic rings. The minimum Gasteiger partial charge on any atom is -0.493 e. The normalized spacial score (nSPS) is 11.4. The van der Waals surface area contributed by atoms with Crippen molar-refractivity contribution in [3.8, 4) is 11.5 Å². The Bertz CT molecular complexity index is 1040. The first-order chi connectivity index (χ1) is 13.2. The summed E-state index contributed by atoms with van der Waals surface area (Å²) in [7, 11) is 0. The zero-order chi connectivity index (χ0) is 20.3. The fourth-order valence-electron chi connectivity index (χ4n) is 2.85. The summed E-state index contributed by atoms with van der Waals surface area (Å²) in [6.45, 7) is 8.50. The predicted octanol–water partition coefficient (Wildman–Crippen LogP) is 4.77. The van der Waals surface area contributed by atoms with Gasteiger partial charge < -0.3 is 13.9 Å². The second-order valence-electron chi connectivity index (χ2n) is 7.75. The number of rotatable bonds is 5. The highest BCUT2D eigenvalue weighted by molar-refractivity contribution is 5.82. The summed E-state index contributed by atoms with van der Waals surface area (Å²) in [6.07, 6.45) is 0.108. The lowest BCUT2D eigenvalue weighted by Gasteiger charge is -2.19. The molecule has 146 valence electrons. The van der Waals surface area contributed by atoms with Gasteiger partial charge in [-0.25, -0.2) is 4.79 Å². The van der Waals surface area contributed by atoms with Crippen molar-refractivity contribution in [1.29, 1.82) is 0 Å². The minimum absolute atomic E-state index is 0.0832. The maximum atomic E-state index is 12.1. The quantitative estimate of drug-likeness (QED) is 0.362. The van der Waals surface area contributed by atoms with Gasteiger partial charge in [0.25, 0.3) is 0 Å². The first-order valence-corrected chi connectivity index (χ1v) is 9.21. The van der Waals surface area contributed by atoms with E-state index in [1.54, 1.807) is 18.2 Å². The average Bonchev–Trinajstić information content (AvgIpc) is 2.61. The van der Waals surface area contributed by atoms with Gasteiger partial charge >= 0.3 is 11.6 Å². The van der Waals surface area contributed by atoms with Gasteiger partial charge in [-0.1, -0.05) is 32.9 Å². The Morgan fingerprint density at radius 1 is 1.00 bits per heavy atom. The van der Waals surface area contributed by atoms with Gasteiger partial charge in [0.05, 0.1) is 13.0 Å². The van der Waals surface area contributed by atoms with Crippen molar-refractivity contribution in [1.82, 2.24) is 0 Å². The third-order valence-electron chi connectivity index (χ3n) is 4.45. The van der Waals surface area contributed by atoms with E-state index in [0.717, 1.165) is 10.9 Å². The van der Waals surface area contributed by atoms with Crippen molar-refractivity contribution in [3.05, 3.63) is 70.1 Å². The minimum atomic E-state index is -0.431. The molecule has 5 nitrogen and oxygen atoms in total. The molecule has 28 heavy (non-hydrogen) atoms. The van der Waals surface area contributed by atoms with Crippen LogP contribution < -0.4 is 15.1 Å². The lowest BCUT2D eigenvalue weighted by molar-refractivity contribution is -0.134. The van der Waals surface area contributed by atoms with Gasteiger partial charge in [0.15, 0.2) is 0 Å². The molecule has 5 heteroatoms. The number of benzene rings is 2. The lowest BCUT2D eigenvalue weighted by Crippen LogP contribution is -2.13. The van der Waals surface area contributed by atoms with Crippen LogP contribution in [-0.4, -0.2) is 12.6 Å². The number of hydrogen-bond acceptors (Lipinski definition) is 5. The van der Waals surface area contributed by atoms with Crippen LogP contribution in [0.15, 0.2) is 57.7 Å². The molecule has 0 radical (unpaired) electrons. The fourth-order valence-corrected chi connectivity index (χ4v) is 2.85. The summed E-state index contributed by atoms with van der Waals surface area (Å²) >= 11 is 0. The number of carbonyl (C=O) groups excluding carboxylic acids is 1. The van der Waals surface area contributed by atoms with Crippen molar-refractivity contribution in [3.63, 3.8) is 0 Å². The van der Waals surface area contributed by atoms with Gasteiger partial charge in [0.1, 0.15) is 17.1 Å². The van der Waals surface area contributed by atoms with Crippen molar-refractivity contribution in [2.75, 3.05) is 6.61 Å². The second-order valence-corrected chi connectivity index (χ2v) is 7.75. The average molecular weight is 380 g/mol. The Hall–Kier alpha value is -3.08. The fraction of sp³-hybridized carbons (Fsp3) is 0.304. The highest BCUT2D eigenvalue weighted by Crippen LogP contribution is 2.25. The number of fused-ring (bicyclic) bond motifs is 1. The third-order valence-corrected chi connectivity index (χ3v) is 4.45. The van der Waals surface area contributed by atoms with Crippen molar-refractivity contribution < 1.29 is 18.7 Å². The van der Waals surface area contributed by atoms with Crippen LogP contribution in [0, 0.1) is 6.92 Å². The standard InChI is InChI=1S/C23H24O5/c1-15-13-22(25)28-20-14-18(9-10-19(15)20)27-21(24)11-12-26-17-7-5-16(6-8-17)23(2,3)4/h5-10,13-14H,11-12H2,1-4H3. The summed E-state index contributed by atoms with van der Waals surface area (Å²) in [4.78, 5) is 23.6. The molecule has 0 spiro atoms. The Morgan fingerprint density at radius 2 is 1.68 bits per heavy atom. The van der Waals surface area contributed by atoms with Crippen LogP contribution in [-0.2, 0) is 10.2 Å². The Kier molecular flexibility index (Phi) is 5.54. The van der Waals surface area contributed by atoms with E-state index < -0.39 is 11.6 Å². The molecule has 1 aromatic heterocycles. The molecule has 0 bridgehead atoms. The van der Waals surface area contributed by atoms with Gasteiger partial charge in [-0.15, -0.1) is 0 Å². The van der Waals surface area contributed by atoms with Crippen LogP contribution >= 0.6 is 0 Å². The van der Waals surface area contributed by atoms with Crippen LogP contribution in [0.1, 0.15) is 38.3 Å². The maximum absolute atomic E-state index is 12.1. The summed E-state index contributed by atoms with van der Waals surface area (Å²) in [5, 5.41) is 0.807. The van der Waals surface area contributed by atoms with Crippen molar-refractivity contribution in [2.24, 2.45) is 0 Å². The van der Waals surface area contributed by atoms with E-state index in [-0.39, 0.29) is 18.4 Å². The molecule has 2 aromatic carbocycles. The van der Waals surface area contributed by atoms with Crippen LogP contribution in [0.4, 0.5) is 0 Å². The third kappa shape index (κ3) is 4.80. The summed E-state index contributed by atoms with van der Waals surface area (Å²) < 4.78 is 16.1. The van der Waals surface area contributed by atoms with E-state index in [9.17, 15) is 9.59 Å². The molecule has 0 saturated heterocycles. The van der Waals surface area contributed by atoms with Crippen LogP contribution in [0.5, 0.6) is 11.5 Å². The summed E-state index contributed by atoms with van der Waals surface area (Å²) in [5.74, 6) is 0.630. The van der Waals surface area contributed by atoms with E-state index in [0.29, 0.717) is 17.1 Å². The predicted molar refractivity (Wildman–Crippen MR) is 108 cm³/mol. The van der Waals surface area contributed by atoms with Crippen LogP contribution in [0.2, 0.25) is 0 Å². The summed E-state index contributed by atoms with van der Waals surface area (Å²) in [5.41, 5.74) is 2.08. The number of carbonyl (C=O) groups is 1. The molecule has 0 fully saturated rings. The molecule has 3 aromatic rings. The maximum Gasteiger partial charge on any atom is 0.336 e. The van der Waals surface area contributed by atoms with Crippen molar-refractivity contribution >= 4 is 16.9 Å². The van der Waals surface area contributed by atoms with Gasteiger partial charge in [-0.05, 0) is 47.7 Å². The molecule has 3 rings (SSSR count). The van der Waals surface area contributed by atoms with Crippen molar-refractivity contribution in [2.45, 2.75) is 39.5 Å². The van der Waals surface area contributed by atoms with E-state index in [2.05, 4.69) is 20.8 Å². The monoisotopic (exact) mass is 380 g/mol. The molecule has 0 amide bonds. The number of aryl methyl sites for hydroxylation is 1. The lowest BCUT2D eigenvalue weighted by atomic mass is 9.87. The molecule has 0 aliphatic heterocycles. The topological polar surface area (TPSA) is 65.7 Å². The highest BCUT2D eigenvalue weighted by atomic mass is 16.5. The first-order valence-electron chi connectivity index (χ1n) is 9.21. The molecular weight excluding hydrogens is 356 g/mol. The molecule has 0 unspecified atom stereocenters. The number of ether oxygens (including phenoxy) is 2. The largest absolute Gasteiger partial charge is 0.493 e. The zero-order valence-corrected chi connectivity index (χ0v) is 16.6. The van der Waals surface area contributed by atoms with E-state index >= 15 is 0 Å². The van der Waals surface area contributed by atoms with Gasteiger partial charge in [-0.2, -0.15) is 0 Å². The zero-order valence-electron chi connectivity index (χ0n) is 16.6. The number of esters is 1. The summed E-state index contributed by atoms with van der Waals surface area (Å²) in [6, 6.07) is 14.3. The molecular formula is C23H24O5. The van der Waals surface area contributed by atoms with Crippen LogP contribution in [0.25, 0.3) is 11.0 Å². The van der Waals surface area contributed by atoms with Crippen LogP contribution in [0.3, 0.4) is 0 Å². The SMILES string of the molecule is Cc1cc(=O)oc2cc(OC(=O)CCOc3ccc(C(C)(C)C)cc3)ccc12. The van der Waals surface area contributed by atoms with E-state index in [4.69, 9.17) is 13.9 Å². The van der Waals surface area contributed by atoms with Gasteiger partial charge in [0, 0.05) is 17.5 Å². The molecule has 0 N–H and O–H groups in total. The van der Waals surface area contributed by atoms with Gasteiger partial charge in [0.2, 0.25) is 0 Å². The Labute approximate surface area is 163 Å². The Morgan fingerprint density at radius 3 is 2.36 bits per heavy atom.